The zero-order valence-electron chi connectivity index (χ0n) is 4.71. The molecule has 1 aromatic heterocycles. The fourth-order valence-electron chi connectivity index (χ4n) is 0.259. The largest absolute Gasteiger partial charge is 0.414 e. The van der Waals surface area contributed by atoms with Crippen LogP contribution in [0.3, 0.4) is 0 Å². The van der Waals surface area contributed by atoms with Crippen LogP contribution in [0.1, 0.15) is 0 Å². The highest BCUT2D eigenvalue weighted by atomic mass is 35.5. The lowest BCUT2D eigenvalue weighted by molar-refractivity contribution is 0.576. The number of rotatable bonds is 0. The highest BCUT2D eigenvalue weighted by Crippen LogP contribution is 2.13. The first-order valence-corrected chi connectivity index (χ1v) is 4.42. The van der Waals surface area contributed by atoms with Crippen molar-refractivity contribution in [2.24, 2.45) is 0 Å². The van der Waals surface area contributed by atoms with Gasteiger partial charge in [-0.25, -0.2) is 0 Å². The van der Waals surface area contributed by atoms with Crippen LogP contribution in [0.5, 0.6) is 0 Å². The quantitative estimate of drug-likeness (QED) is 0.508. The van der Waals surface area contributed by atoms with Crippen molar-refractivity contribution in [3.63, 3.8) is 0 Å². The highest BCUT2D eigenvalue weighted by molar-refractivity contribution is 7.67. The predicted molar refractivity (Wildman–Crippen MR) is 41.2 cm³/mol. The summed E-state index contributed by atoms with van der Waals surface area (Å²) in [6, 6.07) is 3.79. The summed E-state index contributed by atoms with van der Waals surface area (Å²) < 4.78 is 24.9. The fraction of sp³-hybridized carbons (Fsp3) is 0. The monoisotopic (exact) mass is 200 g/mol. The summed E-state index contributed by atoms with van der Waals surface area (Å²) >= 11 is 7.02. The number of nitrogens with one attached hydrogen (secondary N) is 1. The Bertz CT molecular complexity index is 225. The Hall–Kier alpha value is -0.130. The summed E-state index contributed by atoms with van der Waals surface area (Å²) in [7, 11) is -2.86. The molecule has 0 amide bonds. The van der Waals surface area contributed by atoms with Crippen molar-refractivity contribution in [3.8, 4) is 0 Å². The molecule has 0 aliphatic heterocycles. The molecule has 1 aromatic rings. The van der Waals surface area contributed by atoms with E-state index in [0.29, 0.717) is 0 Å². The van der Waals surface area contributed by atoms with E-state index in [2.05, 4.69) is 0 Å². The fourth-order valence-corrected chi connectivity index (χ4v) is 0.930. The molecule has 0 aliphatic rings. The third kappa shape index (κ3) is 7.87. The maximum Gasteiger partial charge on any atom is 0.0928 e. The summed E-state index contributed by atoms with van der Waals surface area (Å²) in [4.78, 5) is 0. The van der Waals surface area contributed by atoms with E-state index in [1.54, 1.807) is 11.3 Å². The molecule has 1 rings (SSSR count). The van der Waals surface area contributed by atoms with Crippen molar-refractivity contribution in [1.82, 2.24) is 0 Å². The first-order chi connectivity index (χ1) is 4.63. The smallest absolute Gasteiger partial charge is 0.0928 e. The Labute approximate surface area is 68.9 Å². The van der Waals surface area contributed by atoms with Gasteiger partial charge in [-0.3, -0.25) is 0 Å². The second-order valence-corrected chi connectivity index (χ2v) is 3.17. The van der Waals surface area contributed by atoms with Gasteiger partial charge >= 0.3 is 0 Å². The predicted octanol–water partition coefficient (Wildman–Crippen LogP) is 3.00. The van der Waals surface area contributed by atoms with Crippen LogP contribution in [-0.2, 0) is 15.2 Å². The molecule has 0 spiro atoms. The van der Waals surface area contributed by atoms with Gasteiger partial charge in [0.15, 0.2) is 0 Å². The first kappa shape index (κ1) is 9.87. The van der Waals surface area contributed by atoms with E-state index in [-0.39, 0.29) is 0 Å². The summed E-state index contributed by atoms with van der Waals surface area (Å²) in [5.74, 6) is 0. The molecule has 1 heterocycles. The zero-order chi connectivity index (χ0) is 7.98. The maximum atomic E-state index is 10.1. The van der Waals surface area contributed by atoms with E-state index in [9.17, 15) is 3.89 Å². The van der Waals surface area contributed by atoms with Crippen LogP contribution < -0.4 is 0 Å². The molecule has 0 aromatic carbocycles. The molecule has 2 nitrogen and oxygen atoms in total. The van der Waals surface area contributed by atoms with Crippen LogP contribution in [0.2, 0.25) is 4.34 Å². The lowest BCUT2D eigenvalue weighted by Crippen LogP contribution is -1.33. The third-order valence-electron chi connectivity index (χ3n) is 0.486. The number of hydrogen-bond donors (Lipinski definition) is 1. The van der Waals surface area contributed by atoms with E-state index in [1.165, 1.54) is 0 Å². The lowest BCUT2D eigenvalue weighted by Gasteiger charge is -1.62. The first-order valence-electron chi connectivity index (χ1n) is 2.11. The Morgan fingerprint density at radius 2 is 2.30 bits per heavy atom. The number of thiophene rings is 1. The van der Waals surface area contributed by atoms with Gasteiger partial charge in [-0.05, 0) is 28.5 Å². The van der Waals surface area contributed by atoms with Crippen LogP contribution >= 0.6 is 22.9 Å². The second kappa shape index (κ2) is 5.64. The van der Waals surface area contributed by atoms with Crippen molar-refractivity contribution in [2.75, 3.05) is 0 Å². The van der Waals surface area contributed by atoms with Crippen molar-refractivity contribution >= 4 is 33.9 Å². The molecule has 1 N–H and O–H groups in total. The minimum Gasteiger partial charge on any atom is -0.414 e. The molecule has 0 fully saturated rings. The molecule has 0 radical (unpaired) electrons. The van der Waals surface area contributed by atoms with Gasteiger partial charge in [0.25, 0.3) is 0 Å². The molecular formula is C4H4ClFNOS2-. The van der Waals surface area contributed by atoms with E-state index >= 15 is 0 Å². The Morgan fingerprint density at radius 1 is 1.80 bits per heavy atom. The van der Waals surface area contributed by atoms with Gasteiger partial charge < -0.3 is 12.9 Å². The topological polar surface area (TPSA) is 40.9 Å². The van der Waals surface area contributed by atoms with Crippen LogP contribution in [0, 0.1) is 4.78 Å². The number of halogens is 2. The summed E-state index contributed by atoms with van der Waals surface area (Å²) in [5.41, 5.74) is 0. The van der Waals surface area contributed by atoms with Crippen LogP contribution in [0.25, 0.3) is 0 Å². The summed E-state index contributed by atoms with van der Waals surface area (Å²) in [5, 5.41) is 1.95. The normalized spacial score (nSPS) is 8.70. The molecule has 58 valence electrons. The molecule has 0 bridgehead atoms. The van der Waals surface area contributed by atoms with Gasteiger partial charge in [-0.1, -0.05) is 11.6 Å². The highest BCUT2D eigenvalue weighted by Gasteiger charge is 1.77. The second-order valence-electron chi connectivity index (χ2n) is 1.14. The van der Waals surface area contributed by atoms with Gasteiger partial charge in [0.1, 0.15) is 0 Å². The average Bonchev–Trinajstić information content (AvgIpc) is 2.15. The van der Waals surface area contributed by atoms with Crippen molar-refractivity contribution in [2.45, 2.75) is 0 Å². The Kier molecular flexibility index (Phi) is 5.57. The van der Waals surface area contributed by atoms with Crippen LogP contribution in [0.4, 0.5) is 3.89 Å². The molecule has 0 saturated heterocycles. The Morgan fingerprint density at radius 3 is 2.40 bits per heavy atom. The molecular weight excluding hydrogens is 197 g/mol. The summed E-state index contributed by atoms with van der Waals surface area (Å²) in [6.45, 7) is 0. The lowest BCUT2D eigenvalue weighted by atomic mass is 10.7. The minimum atomic E-state index is -2.86. The molecule has 0 saturated carbocycles. The van der Waals surface area contributed by atoms with Gasteiger partial charge in [-0.2, -0.15) is 0 Å². The summed E-state index contributed by atoms with van der Waals surface area (Å²) in [6.07, 6.45) is 0. The van der Waals surface area contributed by atoms with E-state index in [0.717, 1.165) is 4.34 Å². The maximum absolute atomic E-state index is 10.1. The van der Waals surface area contributed by atoms with Gasteiger partial charge in [0.05, 0.1) is 4.34 Å². The third-order valence-corrected chi connectivity index (χ3v) is 1.53. The van der Waals surface area contributed by atoms with Gasteiger partial charge in [-0.15, -0.1) is 11.3 Å². The minimum absolute atomic E-state index is 0.856. The van der Waals surface area contributed by atoms with Crippen LogP contribution in [-0.4, -0.2) is 0 Å². The van der Waals surface area contributed by atoms with E-state index in [1.807, 2.05) is 17.5 Å². The molecule has 0 aliphatic carbocycles. The SMILES string of the molecule is Clc1cccs1.N=[S-](=O)F. The van der Waals surface area contributed by atoms with E-state index in [4.69, 9.17) is 20.6 Å². The standard InChI is InChI=1S/C4H3ClS.FHNOS/c5-4-2-1-3-6-4;1-4(2)3/h1-3H;2H/q;-1. The Balaban J connectivity index is 0.000000180. The van der Waals surface area contributed by atoms with Crippen molar-refractivity contribution < 1.29 is 8.09 Å². The van der Waals surface area contributed by atoms with E-state index < -0.39 is 11.0 Å². The zero-order valence-corrected chi connectivity index (χ0v) is 7.10. The number of hydrogen-bond acceptors (Lipinski definition) is 4. The van der Waals surface area contributed by atoms with Gasteiger partial charge in [0.2, 0.25) is 0 Å². The molecule has 0 unspecified atom stereocenters. The van der Waals surface area contributed by atoms with Crippen molar-refractivity contribution in [1.29, 1.82) is 4.78 Å². The molecule has 6 heteroatoms. The molecule has 0 atom stereocenters. The average molecular weight is 201 g/mol. The molecule has 10 heavy (non-hydrogen) atoms. The van der Waals surface area contributed by atoms with Crippen molar-refractivity contribution in [3.05, 3.63) is 21.8 Å². The van der Waals surface area contributed by atoms with Crippen LogP contribution in [0.15, 0.2) is 17.5 Å². The van der Waals surface area contributed by atoms with Gasteiger partial charge in [0, 0.05) is 0 Å².